The van der Waals surface area contributed by atoms with Gasteiger partial charge >= 0.3 is 0 Å². The van der Waals surface area contributed by atoms with Crippen LogP contribution in [0.3, 0.4) is 0 Å². The molecule has 8 heteroatoms. The van der Waals surface area contributed by atoms with E-state index < -0.39 is 43.0 Å². The maximum absolute atomic E-state index is 11.2. The first-order valence-electron chi connectivity index (χ1n) is 6.04. The fourth-order valence-electron chi connectivity index (χ4n) is 1.84. The molecule has 1 aliphatic rings. The molecule has 5 N–H and O–H groups in total. The van der Waals surface area contributed by atoms with Crippen molar-refractivity contribution in [3.8, 4) is 0 Å². The van der Waals surface area contributed by atoms with Crippen LogP contribution in [0.5, 0.6) is 0 Å². The first-order chi connectivity index (χ1) is 9.29. The van der Waals surface area contributed by atoms with Gasteiger partial charge in [0.1, 0.15) is 30.1 Å². The Kier molecular flexibility index (Phi) is 5.78. The van der Waals surface area contributed by atoms with Crippen molar-refractivity contribution in [1.82, 2.24) is 0 Å². The highest BCUT2D eigenvalue weighted by atomic mass is 16.6. The number of aliphatic hydroxyl groups excluding tert-OH is 5. The largest absolute Gasteiger partial charge is 0.512 e. The summed E-state index contributed by atoms with van der Waals surface area (Å²) in [7, 11) is 0. The van der Waals surface area contributed by atoms with E-state index in [0.717, 1.165) is 6.21 Å². The topological polar surface area (TPSA) is 140 Å². The Morgan fingerprint density at radius 2 is 1.85 bits per heavy atom. The number of ketones is 1. The quantitative estimate of drug-likeness (QED) is 0.235. The molecule has 0 spiro atoms. The molecule has 20 heavy (non-hydrogen) atoms. The van der Waals surface area contributed by atoms with E-state index in [4.69, 9.17) is 9.84 Å². The van der Waals surface area contributed by atoms with Crippen LogP contribution in [0.1, 0.15) is 13.8 Å². The van der Waals surface area contributed by atoms with E-state index >= 15 is 0 Å². The van der Waals surface area contributed by atoms with Crippen molar-refractivity contribution in [2.24, 2.45) is 4.99 Å². The third-order valence-electron chi connectivity index (χ3n) is 3.01. The first-order valence-corrected chi connectivity index (χ1v) is 6.04. The minimum Gasteiger partial charge on any atom is -0.512 e. The number of hydrogen-bond donors (Lipinski definition) is 5. The van der Waals surface area contributed by atoms with Gasteiger partial charge in [-0.15, -0.1) is 0 Å². The van der Waals surface area contributed by atoms with Crippen molar-refractivity contribution < 1.29 is 35.1 Å². The Hall–Kier alpha value is -1.32. The molecule has 8 nitrogen and oxygen atoms in total. The smallest absolute Gasteiger partial charge is 0.180 e. The third kappa shape index (κ3) is 3.62. The van der Waals surface area contributed by atoms with Gasteiger partial charge in [-0.3, -0.25) is 9.79 Å². The molecular weight excluding hydrogens is 270 g/mol. The lowest BCUT2D eigenvalue weighted by molar-refractivity contribution is -0.248. The summed E-state index contributed by atoms with van der Waals surface area (Å²) in [5.74, 6) is -0.695. The van der Waals surface area contributed by atoms with Crippen molar-refractivity contribution in [3.63, 3.8) is 0 Å². The molecule has 1 aliphatic heterocycles. The number of allylic oxidation sites excluding steroid dienone is 2. The van der Waals surface area contributed by atoms with E-state index in [0.29, 0.717) is 0 Å². The SMILES string of the molecule is CC(=O)/C(C=N[C@@H]1[C@@H](O)[C@H](O)[C@@H](CO)O[C@@H]1O)=C(/C)O. The van der Waals surface area contributed by atoms with E-state index in [1.165, 1.54) is 13.8 Å². The van der Waals surface area contributed by atoms with Gasteiger partial charge in [0.2, 0.25) is 0 Å². The van der Waals surface area contributed by atoms with E-state index in [1.54, 1.807) is 0 Å². The number of ether oxygens (including phenoxy) is 1. The second kappa shape index (κ2) is 6.91. The van der Waals surface area contributed by atoms with Crippen molar-refractivity contribution in [2.45, 2.75) is 44.5 Å². The molecule has 0 radical (unpaired) electrons. The molecule has 0 aromatic heterocycles. The number of rotatable bonds is 4. The van der Waals surface area contributed by atoms with Crippen molar-refractivity contribution in [1.29, 1.82) is 0 Å². The first kappa shape index (κ1) is 16.7. The predicted molar refractivity (Wildman–Crippen MR) is 68.3 cm³/mol. The van der Waals surface area contributed by atoms with Crippen molar-refractivity contribution >= 4 is 12.0 Å². The van der Waals surface area contributed by atoms with Crippen LogP contribution in [0, 0.1) is 0 Å². The van der Waals surface area contributed by atoms with Gasteiger partial charge in [-0.1, -0.05) is 0 Å². The van der Waals surface area contributed by atoms with E-state index in [9.17, 15) is 25.2 Å². The molecule has 1 rings (SSSR count). The van der Waals surface area contributed by atoms with E-state index in [-0.39, 0.29) is 11.3 Å². The van der Waals surface area contributed by atoms with Crippen molar-refractivity contribution in [3.05, 3.63) is 11.3 Å². The van der Waals surface area contributed by atoms with Crippen LogP contribution in [0.25, 0.3) is 0 Å². The minimum atomic E-state index is -1.55. The maximum Gasteiger partial charge on any atom is 0.180 e. The van der Waals surface area contributed by atoms with E-state index in [2.05, 4.69) is 4.99 Å². The predicted octanol–water partition coefficient (Wildman–Crippen LogP) is -1.72. The van der Waals surface area contributed by atoms with Gasteiger partial charge in [0.05, 0.1) is 12.2 Å². The molecule has 0 unspecified atom stereocenters. The zero-order valence-electron chi connectivity index (χ0n) is 11.2. The monoisotopic (exact) mass is 289 g/mol. The zero-order valence-corrected chi connectivity index (χ0v) is 11.2. The summed E-state index contributed by atoms with van der Waals surface area (Å²) in [6, 6.07) is -1.23. The Morgan fingerprint density at radius 1 is 1.25 bits per heavy atom. The standard InChI is InChI=1S/C12H19NO7/c1-5(15)7(6(2)16)3-13-9-11(18)10(17)8(4-14)20-12(9)19/h3,8-12,14-15,17-19H,4H2,1-2H3/b7-5-,13-3?/t8-,9-,10-,11-,12+/m1/s1. The number of carbonyl (C=O) groups is 1. The van der Waals surface area contributed by atoms with E-state index in [1.807, 2.05) is 0 Å². The molecule has 0 aliphatic carbocycles. The normalized spacial score (nSPS) is 36.0. The number of aliphatic hydroxyl groups is 5. The molecule has 5 atom stereocenters. The van der Waals surface area contributed by atoms with Crippen LogP contribution in [-0.2, 0) is 9.53 Å². The average Bonchev–Trinajstić information content (AvgIpc) is 2.36. The fourth-order valence-corrected chi connectivity index (χ4v) is 1.84. The Bertz CT molecular complexity index is 416. The van der Waals surface area contributed by atoms with Gasteiger partial charge in [-0.2, -0.15) is 0 Å². The lowest BCUT2D eigenvalue weighted by atomic mass is 9.97. The summed E-state index contributed by atoms with van der Waals surface area (Å²) in [6.07, 6.45) is -4.56. The van der Waals surface area contributed by atoms with Crippen LogP contribution in [-0.4, -0.2) is 74.8 Å². The second-order valence-corrected chi connectivity index (χ2v) is 4.55. The van der Waals surface area contributed by atoms with Crippen LogP contribution < -0.4 is 0 Å². The number of hydrogen-bond acceptors (Lipinski definition) is 8. The molecule has 114 valence electrons. The van der Waals surface area contributed by atoms with Gasteiger partial charge in [0, 0.05) is 6.21 Å². The highest BCUT2D eigenvalue weighted by Gasteiger charge is 2.43. The summed E-state index contributed by atoms with van der Waals surface area (Å²) in [6.45, 7) is 1.95. The number of carbonyl (C=O) groups excluding carboxylic acids is 1. The summed E-state index contributed by atoms with van der Waals surface area (Å²) >= 11 is 0. The number of aliphatic imine (C=N–C) groups is 1. The molecule has 1 heterocycles. The summed E-state index contributed by atoms with van der Waals surface area (Å²) in [5, 5.41) is 47.4. The molecule has 1 fully saturated rings. The van der Waals surface area contributed by atoms with Gasteiger partial charge in [-0.05, 0) is 13.8 Å². The molecule has 0 aromatic rings. The molecule has 0 saturated carbocycles. The molecule has 1 saturated heterocycles. The van der Waals surface area contributed by atoms with Gasteiger partial charge in [-0.25, -0.2) is 0 Å². The summed E-state index contributed by atoms with van der Waals surface area (Å²) in [4.78, 5) is 15.0. The van der Waals surface area contributed by atoms with Crippen LogP contribution >= 0.6 is 0 Å². The maximum atomic E-state index is 11.2. The minimum absolute atomic E-state index is 0.0804. The lowest BCUT2D eigenvalue weighted by Gasteiger charge is -2.38. The fraction of sp³-hybridized carbons (Fsp3) is 0.667. The number of Topliss-reactive ketones (excluding diaryl/α,β-unsaturated/α-hetero) is 1. The second-order valence-electron chi connectivity index (χ2n) is 4.55. The van der Waals surface area contributed by atoms with Gasteiger partial charge < -0.3 is 30.3 Å². The Balaban J connectivity index is 2.91. The highest BCUT2D eigenvalue weighted by Crippen LogP contribution is 2.22. The van der Waals surface area contributed by atoms with Crippen LogP contribution in [0.4, 0.5) is 0 Å². The highest BCUT2D eigenvalue weighted by molar-refractivity contribution is 6.12. The Morgan fingerprint density at radius 3 is 2.30 bits per heavy atom. The van der Waals surface area contributed by atoms with Gasteiger partial charge in [0.15, 0.2) is 12.1 Å². The molecule has 0 bridgehead atoms. The third-order valence-corrected chi connectivity index (χ3v) is 3.01. The van der Waals surface area contributed by atoms with Crippen LogP contribution in [0.2, 0.25) is 0 Å². The average molecular weight is 289 g/mol. The molecule has 0 amide bonds. The van der Waals surface area contributed by atoms with Crippen molar-refractivity contribution in [2.75, 3.05) is 6.61 Å². The lowest BCUT2D eigenvalue weighted by Crippen LogP contribution is -2.57. The summed E-state index contributed by atoms with van der Waals surface area (Å²) < 4.78 is 4.90. The number of nitrogens with zero attached hydrogens (tertiary/aromatic N) is 1. The van der Waals surface area contributed by atoms with Crippen LogP contribution in [0.15, 0.2) is 16.3 Å². The zero-order chi connectivity index (χ0) is 15.4. The molecule has 0 aromatic carbocycles. The van der Waals surface area contributed by atoms with Gasteiger partial charge in [0.25, 0.3) is 0 Å². The molecular formula is C12H19NO7. The Labute approximate surface area is 115 Å². The summed E-state index contributed by atoms with van der Waals surface area (Å²) in [5.41, 5.74) is -0.0804.